The van der Waals surface area contributed by atoms with Crippen LogP contribution in [0.4, 0.5) is 4.39 Å². The van der Waals surface area contributed by atoms with Gasteiger partial charge < -0.3 is 4.42 Å². The third kappa shape index (κ3) is 3.60. The number of aryl methyl sites for hydroxylation is 1. The number of rotatable bonds is 4. The summed E-state index contributed by atoms with van der Waals surface area (Å²) in [6.07, 6.45) is 0.234. The Hall–Kier alpha value is -2.49. The minimum atomic E-state index is -4.05. The maximum Gasteiger partial charge on any atom is 0.438 e. The minimum absolute atomic E-state index is 0.0708. The van der Waals surface area contributed by atoms with Crippen LogP contribution in [0.5, 0.6) is 0 Å². The van der Waals surface area contributed by atoms with Crippen LogP contribution in [-0.4, -0.2) is 29.0 Å². The number of sulfonamides is 1. The SMILES string of the molecule is Cc1ccc(F)c([C@H](C)[C@H](N2CCc3ccc(Cl)cc3S2(=O)=O)n2ncoc2=O)c1C. The van der Waals surface area contributed by atoms with E-state index in [0.29, 0.717) is 23.1 Å². The summed E-state index contributed by atoms with van der Waals surface area (Å²) in [5.74, 6) is -2.04. The first-order valence-electron chi connectivity index (χ1n) is 9.71. The highest BCUT2D eigenvalue weighted by Crippen LogP contribution is 2.40. The molecule has 0 saturated heterocycles. The summed E-state index contributed by atoms with van der Waals surface area (Å²) in [5, 5.41) is 4.23. The Balaban J connectivity index is 1.91. The molecule has 2 aromatic carbocycles. The highest BCUT2D eigenvalue weighted by atomic mass is 35.5. The Morgan fingerprint density at radius 1 is 1.23 bits per heavy atom. The molecule has 1 aromatic heterocycles. The van der Waals surface area contributed by atoms with E-state index in [1.807, 2.05) is 6.92 Å². The second-order valence-electron chi connectivity index (χ2n) is 7.67. The zero-order chi connectivity index (χ0) is 22.5. The molecule has 2 atom stereocenters. The van der Waals surface area contributed by atoms with Gasteiger partial charge in [-0.2, -0.15) is 8.99 Å². The Bertz CT molecular complexity index is 1320. The molecule has 4 rings (SSSR count). The number of aromatic nitrogens is 2. The highest BCUT2D eigenvalue weighted by molar-refractivity contribution is 7.89. The van der Waals surface area contributed by atoms with Crippen LogP contribution in [0.3, 0.4) is 0 Å². The van der Waals surface area contributed by atoms with Crippen LogP contribution < -0.4 is 5.76 Å². The van der Waals surface area contributed by atoms with Gasteiger partial charge in [0.25, 0.3) is 0 Å². The maximum atomic E-state index is 14.9. The second kappa shape index (κ2) is 7.89. The molecule has 164 valence electrons. The van der Waals surface area contributed by atoms with Crippen LogP contribution in [0.2, 0.25) is 5.02 Å². The highest BCUT2D eigenvalue weighted by Gasteiger charge is 2.42. The molecule has 0 saturated carbocycles. The van der Waals surface area contributed by atoms with E-state index < -0.39 is 33.7 Å². The molecule has 31 heavy (non-hydrogen) atoms. The topological polar surface area (TPSA) is 85.4 Å². The molecule has 0 bridgehead atoms. The van der Waals surface area contributed by atoms with Crippen molar-refractivity contribution in [2.75, 3.05) is 6.54 Å². The Morgan fingerprint density at radius 2 is 1.97 bits per heavy atom. The van der Waals surface area contributed by atoms with Crippen LogP contribution in [0, 0.1) is 19.7 Å². The van der Waals surface area contributed by atoms with Gasteiger partial charge in [0.2, 0.25) is 16.4 Å². The van der Waals surface area contributed by atoms with E-state index in [1.54, 1.807) is 32.0 Å². The van der Waals surface area contributed by atoms with Gasteiger partial charge in [0.1, 0.15) is 12.0 Å². The maximum absolute atomic E-state index is 14.9. The molecule has 0 radical (unpaired) electrons. The van der Waals surface area contributed by atoms with E-state index in [9.17, 15) is 17.6 Å². The molecule has 0 fully saturated rings. The lowest BCUT2D eigenvalue weighted by Gasteiger charge is -2.37. The van der Waals surface area contributed by atoms with Gasteiger partial charge in [-0.15, -0.1) is 5.10 Å². The fourth-order valence-electron chi connectivity index (χ4n) is 4.22. The average Bonchev–Trinajstić information content (AvgIpc) is 3.13. The fraction of sp³-hybridized carbons (Fsp3) is 0.333. The molecular formula is C21H21ClFN3O4S. The van der Waals surface area contributed by atoms with Gasteiger partial charge in [0.15, 0.2) is 0 Å². The second-order valence-corrected chi connectivity index (χ2v) is 9.97. The molecule has 3 aromatic rings. The van der Waals surface area contributed by atoms with E-state index in [-0.39, 0.29) is 16.5 Å². The lowest BCUT2D eigenvalue weighted by Crippen LogP contribution is -2.47. The van der Waals surface area contributed by atoms with Crippen molar-refractivity contribution in [3.05, 3.63) is 80.4 Å². The van der Waals surface area contributed by atoms with Crippen molar-refractivity contribution in [2.45, 2.75) is 44.2 Å². The predicted molar refractivity (Wildman–Crippen MR) is 113 cm³/mol. The quantitative estimate of drug-likeness (QED) is 0.585. The van der Waals surface area contributed by atoms with E-state index in [0.717, 1.165) is 16.6 Å². The average molecular weight is 466 g/mol. The van der Waals surface area contributed by atoms with E-state index in [2.05, 4.69) is 5.10 Å². The van der Waals surface area contributed by atoms with E-state index in [4.69, 9.17) is 16.0 Å². The zero-order valence-corrected chi connectivity index (χ0v) is 18.7. The van der Waals surface area contributed by atoms with Gasteiger partial charge in [0, 0.05) is 17.5 Å². The third-order valence-corrected chi connectivity index (χ3v) is 8.10. The van der Waals surface area contributed by atoms with Gasteiger partial charge in [0.05, 0.1) is 4.90 Å². The normalized spacial score (nSPS) is 17.8. The van der Waals surface area contributed by atoms with Crippen molar-refractivity contribution < 1.29 is 17.2 Å². The van der Waals surface area contributed by atoms with E-state index >= 15 is 0 Å². The number of nitrogens with zero attached hydrogens (tertiary/aromatic N) is 3. The molecule has 0 N–H and O–H groups in total. The van der Waals surface area contributed by atoms with Crippen molar-refractivity contribution >= 4 is 21.6 Å². The lowest BCUT2D eigenvalue weighted by molar-refractivity contribution is 0.183. The van der Waals surface area contributed by atoms with Crippen molar-refractivity contribution in [3.63, 3.8) is 0 Å². The largest absolute Gasteiger partial charge is 0.438 e. The molecular weight excluding hydrogens is 445 g/mol. The van der Waals surface area contributed by atoms with Gasteiger partial charge in [-0.05, 0) is 60.7 Å². The smallest absolute Gasteiger partial charge is 0.395 e. The first-order valence-corrected chi connectivity index (χ1v) is 11.5. The summed E-state index contributed by atoms with van der Waals surface area (Å²) in [4.78, 5) is 12.5. The molecule has 7 nitrogen and oxygen atoms in total. The number of fused-ring (bicyclic) bond motifs is 1. The summed E-state index contributed by atoms with van der Waals surface area (Å²) in [6, 6.07) is 7.71. The summed E-state index contributed by atoms with van der Waals surface area (Å²) in [6.45, 7) is 5.39. The van der Waals surface area contributed by atoms with Gasteiger partial charge >= 0.3 is 5.76 Å². The molecule has 1 aliphatic rings. The number of benzene rings is 2. The van der Waals surface area contributed by atoms with Crippen molar-refractivity contribution in [1.29, 1.82) is 0 Å². The third-order valence-electron chi connectivity index (χ3n) is 5.91. The van der Waals surface area contributed by atoms with Crippen molar-refractivity contribution in [1.82, 2.24) is 14.1 Å². The molecule has 0 unspecified atom stereocenters. The molecule has 0 amide bonds. The fourth-order valence-corrected chi connectivity index (χ4v) is 6.37. The van der Waals surface area contributed by atoms with Crippen LogP contribution in [0.25, 0.3) is 0 Å². The van der Waals surface area contributed by atoms with Gasteiger partial charge in [-0.3, -0.25) is 0 Å². The summed E-state index contributed by atoms with van der Waals surface area (Å²) in [7, 11) is -4.05. The Kier molecular flexibility index (Phi) is 5.53. The summed E-state index contributed by atoms with van der Waals surface area (Å²) >= 11 is 6.06. The number of hydrogen-bond donors (Lipinski definition) is 0. The van der Waals surface area contributed by atoms with Crippen LogP contribution in [0.15, 0.2) is 50.8 Å². The van der Waals surface area contributed by atoms with E-state index in [1.165, 1.54) is 16.4 Å². The lowest BCUT2D eigenvalue weighted by atomic mass is 9.90. The first kappa shape index (κ1) is 21.7. The van der Waals surface area contributed by atoms with Crippen LogP contribution in [-0.2, 0) is 16.4 Å². The minimum Gasteiger partial charge on any atom is -0.395 e. The van der Waals surface area contributed by atoms with Crippen LogP contribution >= 0.6 is 11.6 Å². The first-order chi connectivity index (χ1) is 14.6. The summed E-state index contributed by atoms with van der Waals surface area (Å²) in [5.41, 5.74) is 2.50. The van der Waals surface area contributed by atoms with Gasteiger partial charge in [-0.25, -0.2) is 17.6 Å². The number of halogens is 2. The zero-order valence-electron chi connectivity index (χ0n) is 17.2. The Labute approximate surface area is 184 Å². The molecule has 10 heteroatoms. The molecule has 2 heterocycles. The van der Waals surface area contributed by atoms with Gasteiger partial charge in [-0.1, -0.05) is 30.7 Å². The Morgan fingerprint density at radius 3 is 2.65 bits per heavy atom. The molecule has 0 aliphatic carbocycles. The summed E-state index contributed by atoms with van der Waals surface area (Å²) < 4.78 is 49.0. The van der Waals surface area contributed by atoms with Crippen LogP contribution in [0.1, 0.15) is 41.3 Å². The van der Waals surface area contributed by atoms with Crippen molar-refractivity contribution in [2.24, 2.45) is 0 Å². The standard InChI is InChI=1S/C21H21ClFN3O4S/c1-12-4-7-17(23)19(13(12)2)14(3)20(26-21(27)30-11-24-26)25-9-8-15-5-6-16(22)10-18(15)31(25,28)29/h4-7,10-11,14,20H,8-9H2,1-3H3/t14-,20+/m0/s1. The molecule has 1 aliphatic heterocycles. The van der Waals surface area contributed by atoms with Crippen molar-refractivity contribution in [3.8, 4) is 0 Å². The number of hydrogen-bond acceptors (Lipinski definition) is 5. The predicted octanol–water partition coefficient (Wildman–Crippen LogP) is 3.79. The molecule has 0 spiro atoms. The monoisotopic (exact) mass is 465 g/mol.